The highest BCUT2D eigenvalue weighted by atomic mass is 16.3. The highest BCUT2D eigenvalue weighted by molar-refractivity contribution is 5.83. The van der Waals surface area contributed by atoms with Crippen LogP contribution in [0.3, 0.4) is 0 Å². The van der Waals surface area contributed by atoms with Crippen LogP contribution in [0.15, 0.2) is 0 Å². The molecule has 0 aromatic rings. The molecule has 0 bridgehead atoms. The lowest BCUT2D eigenvalue weighted by Gasteiger charge is -2.37. The van der Waals surface area contributed by atoms with Gasteiger partial charge in [-0.25, -0.2) is 0 Å². The normalized spacial score (nSPS) is 25.6. The predicted molar refractivity (Wildman–Crippen MR) is 62.3 cm³/mol. The maximum Gasteiger partial charge on any atom is 0.227 e. The summed E-state index contributed by atoms with van der Waals surface area (Å²) in [5.41, 5.74) is -1.89. The molecule has 1 aliphatic rings. The SMILES string of the molecule is CC1(C(=O)NC(CO)(CO)CO)CCCNC1. The molecule has 0 spiro atoms. The fourth-order valence-electron chi connectivity index (χ4n) is 1.91. The lowest BCUT2D eigenvalue weighted by atomic mass is 9.81. The van der Waals surface area contributed by atoms with Crippen molar-refractivity contribution in [3.8, 4) is 0 Å². The summed E-state index contributed by atoms with van der Waals surface area (Å²) in [6.07, 6.45) is 1.67. The minimum atomic E-state index is -1.34. The van der Waals surface area contributed by atoms with E-state index in [1.165, 1.54) is 0 Å². The number of amides is 1. The van der Waals surface area contributed by atoms with E-state index in [-0.39, 0.29) is 5.91 Å². The first-order valence-electron chi connectivity index (χ1n) is 5.88. The van der Waals surface area contributed by atoms with Gasteiger partial charge in [-0.05, 0) is 26.3 Å². The largest absolute Gasteiger partial charge is 0.394 e. The molecule has 6 nitrogen and oxygen atoms in total. The Hall–Kier alpha value is -0.690. The topological polar surface area (TPSA) is 102 Å². The molecule has 100 valence electrons. The Bertz CT molecular complexity index is 252. The third kappa shape index (κ3) is 3.16. The third-order valence-corrected chi connectivity index (χ3v) is 3.43. The Morgan fingerprint density at radius 2 is 1.94 bits per heavy atom. The maximum atomic E-state index is 12.1. The smallest absolute Gasteiger partial charge is 0.227 e. The van der Waals surface area contributed by atoms with Gasteiger partial charge in [0.05, 0.1) is 25.2 Å². The highest BCUT2D eigenvalue weighted by Crippen LogP contribution is 2.26. The fraction of sp³-hybridized carbons (Fsp3) is 0.909. The van der Waals surface area contributed by atoms with E-state index in [4.69, 9.17) is 15.3 Å². The average molecular weight is 246 g/mol. The fourth-order valence-corrected chi connectivity index (χ4v) is 1.91. The first-order valence-corrected chi connectivity index (χ1v) is 5.88. The molecule has 6 heteroatoms. The van der Waals surface area contributed by atoms with Crippen LogP contribution < -0.4 is 10.6 Å². The number of nitrogens with one attached hydrogen (secondary N) is 2. The summed E-state index contributed by atoms with van der Waals surface area (Å²) in [4.78, 5) is 12.1. The van der Waals surface area contributed by atoms with Crippen LogP contribution in [0.1, 0.15) is 19.8 Å². The van der Waals surface area contributed by atoms with E-state index in [0.717, 1.165) is 19.4 Å². The van der Waals surface area contributed by atoms with Gasteiger partial charge in [-0.1, -0.05) is 0 Å². The minimum absolute atomic E-state index is 0.248. The molecule has 17 heavy (non-hydrogen) atoms. The monoisotopic (exact) mass is 246 g/mol. The Kier molecular flexibility index (Phi) is 4.88. The predicted octanol–water partition coefficient (Wildman–Crippen LogP) is -1.79. The van der Waals surface area contributed by atoms with E-state index in [1.54, 1.807) is 0 Å². The number of hydrogen-bond donors (Lipinski definition) is 5. The van der Waals surface area contributed by atoms with Crippen LogP contribution in [-0.4, -0.2) is 59.7 Å². The molecular formula is C11H22N2O4. The van der Waals surface area contributed by atoms with Crippen molar-refractivity contribution in [2.24, 2.45) is 5.41 Å². The summed E-state index contributed by atoms with van der Waals surface area (Å²) in [5.74, 6) is -0.248. The zero-order valence-electron chi connectivity index (χ0n) is 10.2. The van der Waals surface area contributed by atoms with Gasteiger partial charge >= 0.3 is 0 Å². The molecule has 0 aliphatic carbocycles. The van der Waals surface area contributed by atoms with Gasteiger partial charge in [0.1, 0.15) is 5.54 Å². The van der Waals surface area contributed by atoms with Crippen LogP contribution in [0.4, 0.5) is 0 Å². The quantitative estimate of drug-likeness (QED) is 0.394. The summed E-state index contributed by atoms with van der Waals surface area (Å²) < 4.78 is 0. The number of aliphatic hydroxyl groups is 3. The summed E-state index contributed by atoms with van der Waals surface area (Å²) in [6, 6.07) is 0. The standard InChI is InChI=1S/C11H22N2O4/c1-10(3-2-4-12-5-10)9(17)13-11(6-14,7-15)8-16/h12,14-16H,2-8H2,1H3,(H,13,17). The molecule has 1 rings (SSSR count). The first-order chi connectivity index (χ1) is 8.02. The van der Waals surface area contributed by atoms with E-state index in [1.807, 2.05) is 6.92 Å². The molecule has 0 aromatic heterocycles. The van der Waals surface area contributed by atoms with Crippen LogP contribution in [0.2, 0.25) is 0 Å². The molecule has 1 heterocycles. The second kappa shape index (κ2) is 5.77. The lowest BCUT2D eigenvalue weighted by molar-refractivity contribution is -0.135. The van der Waals surface area contributed by atoms with Crippen LogP contribution >= 0.6 is 0 Å². The van der Waals surface area contributed by atoms with Gasteiger partial charge in [-0.2, -0.15) is 0 Å². The molecule has 1 atom stereocenters. The van der Waals surface area contributed by atoms with Gasteiger partial charge in [0.25, 0.3) is 0 Å². The molecule has 1 amide bonds. The number of carbonyl (C=O) groups is 1. The van der Waals surface area contributed by atoms with Gasteiger partial charge in [0.15, 0.2) is 0 Å². The zero-order chi connectivity index (χ0) is 12.9. The van der Waals surface area contributed by atoms with Crippen molar-refractivity contribution in [2.45, 2.75) is 25.3 Å². The van der Waals surface area contributed by atoms with Crippen molar-refractivity contribution in [1.82, 2.24) is 10.6 Å². The Labute approximate surface area is 101 Å². The molecular weight excluding hydrogens is 224 g/mol. The molecule has 0 saturated carbocycles. The van der Waals surface area contributed by atoms with Crippen molar-refractivity contribution in [1.29, 1.82) is 0 Å². The first kappa shape index (κ1) is 14.4. The van der Waals surface area contributed by atoms with E-state index < -0.39 is 30.8 Å². The van der Waals surface area contributed by atoms with Crippen molar-refractivity contribution >= 4 is 5.91 Å². The summed E-state index contributed by atoms with van der Waals surface area (Å²) >= 11 is 0. The Morgan fingerprint density at radius 3 is 2.35 bits per heavy atom. The van der Waals surface area contributed by atoms with Crippen LogP contribution in [0.25, 0.3) is 0 Å². The lowest BCUT2D eigenvalue weighted by Crippen LogP contribution is -2.61. The van der Waals surface area contributed by atoms with Crippen molar-refractivity contribution in [3.63, 3.8) is 0 Å². The van der Waals surface area contributed by atoms with Crippen molar-refractivity contribution in [2.75, 3.05) is 32.9 Å². The van der Waals surface area contributed by atoms with Crippen molar-refractivity contribution in [3.05, 3.63) is 0 Å². The number of piperidine rings is 1. The summed E-state index contributed by atoms with van der Waals surface area (Å²) in [6.45, 7) is 1.83. The number of hydrogen-bond acceptors (Lipinski definition) is 5. The second-order valence-electron chi connectivity index (χ2n) is 5.05. The molecule has 1 aliphatic heterocycles. The molecule has 1 saturated heterocycles. The highest BCUT2D eigenvalue weighted by Gasteiger charge is 2.39. The average Bonchev–Trinajstić information content (AvgIpc) is 2.37. The van der Waals surface area contributed by atoms with E-state index in [9.17, 15) is 4.79 Å². The number of aliphatic hydroxyl groups excluding tert-OH is 3. The van der Waals surface area contributed by atoms with Crippen LogP contribution in [0.5, 0.6) is 0 Å². The molecule has 5 N–H and O–H groups in total. The third-order valence-electron chi connectivity index (χ3n) is 3.43. The Balaban J connectivity index is 2.69. The van der Waals surface area contributed by atoms with Gasteiger partial charge in [-0.3, -0.25) is 4.79 Å². The van der Waals surface area contributed by atoms with E-state index in [0.29, 0.717) is 6.54 Å². The second-order valence-corrected chi connectivity index (χ2v) is 5.05. The van der Waals surface area contributed by atoms with Gasteiger partial charge in [0, 0.05) is 6.54 Å². The van der Waals surface area contributed by atoms with Crippen LogP contribution in [0, 0.1) is 5.41 Å². The van der Waals surface area contributed by atoms with Crippen LogP contribution in [-0.2, 0) is 4.79 Å². The number of rotatable bonds is 5. The summed E-state index contributed by atoms with van der Waals surface area (Å²) in [5, 5.41) is 33.2. The van der Waals surface area contributed by atoms with Gasteiger partial charge < -0.3 is 26.0 Å². The van der Waals surface area contributed by atoms with E-state index in [2.05, 4.69) is 10.6 Å². The molecule has 1 fully saturated rings. The minimum Gasteiger partial charge on any atom is -0.394 e. The summed E-state index contributed by atoms with van der Waals surface area (Å²) in [7, 11) is 0. The van der Waals surface area contributed by atoms with Crippen molar-refractivity contribution < 1.29 is 20.1 Å². The van der Waals surface area contributed by atoms with Gasteiger partial charge in [0.2, 0.25) is 5.91 Å². The molecule has 0 aromatic carbocycles. The molecule has 0 radical (unpaired) electrons. The molecule has 1 unspecified atom stereocenters. The number of carbonyl (C=O) groups excluding carboxylic acids is 1. The Morgan fingerprint density at radius 1 is 1.35 bits per heavy atom. The van der Waals surface area contributed by atoms with E-state index >= 15 is 0 Å². The zero-order valence-corrected chi connectivity index (χ0v) is 10.2. The van der Waals surface area contributed by atoms with Gasteiger partial charge in [-0.15, -0.1) is 0 Å². The maximum absolute atomic E-state index is 12.1.